The van der Waals surface area contributed by atoms with Crippen molar-refractivity contribution in [1.29, 1.82) is 0 Å². The molecule has 0 aliphatic heterocycles. The Morgan fingerprint density at radius 2 is 1.62 bits per heavy atom. The van der Waals surface area contributed by atoms with Crippen LogP contribution >= 0.6 is 23.2 Å². The number of amides is 1. The normalized spacial score (nSPS) is 11.8. The summed E-state index contributed by atoms with van der Waals surface area (Å²) in [6, 6.07) is 27.0. The predicted molar refractivity (Wildman–Crippen MR) is 131 cm³/mol. The lowest BCUT2D eigenvalue weighted by molar-refractivity contribution is 0.0930. The molecule has 1 heterocycles. The fraction of sp³-hybridized carbons (Fsp3) is 0.154. The first-order valence-corrected chi connectivity index (χ1v) is 11.2. The highest BCUT2D eigenvalue weighted by atomic mass is 35.5. The highest BCUT2D eigenvalue weighted by Gasteiger charge is 2.19. The van der Waals surface area contributed by atoms with Crippen molar-refractivity contribution >= 4 is 29.1 Å². The number of hydrogen-bond acceptors (Lipinski definition) is 2. The fourth-order valence-corrected chi connectivity index (χ4v) is 3.80. The average Bonchev–Trinajstić information content (AvgIpc) is 3.26. The summed E-state index contributed by atoms with van der Waals surface area (Å²) >= 11 is 12.3. The van der Waals surface area contributed by atoms with Gasteiger partial charge < -0.3 is 5.32 Å². The first kappa shape index (κ1) is 22.1. The highest BCUT2D eigenvalue weighted by Crippen LogP contribution is 2.27. The Balaban J connectivity index is 1.60. The minimum absolute atomic E-state index is 0.0000344. The van der Waals surface area contributed by atoms with E-state index in [9.17, 15) is 4.79 Å². The van der Waals surface area contributed by atoms with Gasteiger partial charge in [0.2, 0.25) is 0 Å². The van der Waals surface area contributed by atoms with Gasteiger partial charge in [-0.3, -0.25) is 4.79 Å². The molecule has 0 spiro atoms. The van der Waals surface area contributed by atoms with E-state index in [0.717, 1.165) is 18.4 Å². The maximum Gasteiger partial charge on any atom is 0.270 e. The molecule has 0 bridgehead atoms. The van der Waals surface area contributed by atoms with Crippen LogP contribution in [0.5, 0.6) is 0 Å². The molecule has 0 aliphatic rings. The van der Waals surface area contributed by atoms with Crippen molar-refractivity contribution in [1.82, 2.24) is 15.1 Å². The molecule has 1 N–H and O–H groups in total. The molecule has 162 valence electrons. The van der Waals surface area contributed by atoms with Gasteiger partial charge in [-0.25, -0.2) is 4.68 Å². The van der Waals surface area contributed by atoms with E-state index < -0.39 is 0 Å². The summed E-state index contributed by atoms with van der Waals surface area (Å²) in [5.74, 6) is -0.189. The van der Waals surface area contributed by atoms with Gasteiger partial charge in [0.1, 0.15) is 5.69 Å². The Labute approximate surface area is 197 Å². The van der Waals surface area contributed by atoms with Crippen LogP contribution in [0.25, 0.3) is 16.9 Å². The highest BCUT2D eigenvalue weighted by molar-refractivity contribution is 6.42. The number of nitrogens with zero attached hydrogens (tertiary/aromatic N) is 2. The Hall–Kier alpha value is -3.08. The number of halogens is 2. The number of aromatic nitrogens is 2. The summed E-state index contributed by atoms with van der Waals surface area (Å²) in [4.78, 5) is 13.2. The molecule has 0 fully saturated rings. The Morgan fingerprint density at radius 3 is 2.31 bits per heavy atom. The van der Waals surface area contributed by atoms with Crippen LogP contribution in [-0.2, 0) is 6.42 Å². The summed E-state index contributed by atoms with van der Waals surface area (Å²) in [5, 5.41) is 8.66. The molecule has 4 aromatic rings. The molecule has 1 unspecified atom stereocenters. The molecule has 4 nitrogen and oxygen atoms in total. The number of aryl methyl sites for hydroxylation is 1. The molecule has 0 radical (unpaired) electrons. The van der Waals surface area contributed by atoms with E-state index in [1.54, 1.807) is 28.9 Å². The minimum Gasteiger partial charge on any atom is -0.348 e. The first-order chi connectivity index (χ1) is 15.5. The molecule has 4 rings (SSSR count). The third kappa shape index (κ3) is 5.21. The van der Waals surface area contributed by atoms with Gasteiger partial charge in [0.05, 0.1) is 21.4 Å². The van der Waals surface area contributed by atoms with Crippen LogP contribution in [0.1, 0.15) is 29.4 Å². The van der Waals surface area contributed by atoms with E-state index in [4.69, 9.17) is 28.3 Å². The third-order valence-electron chi connectivity index (χ3n) is 5.25. The molecule has 0 saturated carbocycles. The van der Waals surface area contributed by atoms with Crippen molar-refractivity contribution < 1.29 is 4.79 Å². The fourth-order valence-electron chi connectivity index (χ4n) is 3.50. The van der Waals surface area contributed by atoms with Crippen LogP contribution in [0.4, 0.5) is 0 Å². The zero-order valence-electron chi connectivity index (χ0n) is 17.6. The zero-order chi connectivity index (χ0) is 22.5. The van der Waals surface area contributed by atoms with Crippen LogP contribution in [0, 0.1) is 0 Å². The van der Waals surface area contributed by atoms with Gasteiger partial charge in [-0.2, -0.15) is 5.10 Å². The lowest BCUT2D eigenvalue weighted by atomic mass is 10.1. The SMILES string of the molecule is CC(CCc1ccccc1)NC(=O)c1cc(-c2ccccc2)nn1-c1ccc(Cl)c(Cl)c1. The lowest BCUT2D eigenvalue weighted by Crippen LogP contribution is -2.34. The molecule has 1 amide bonds. The maximum atomic E-state index is 13.2. The lowest BCUT2D eigenvalue weighted by Gasteiger charge is -2.15. The van der Waals surface area contributed by atoms with E-state index in [0.29, 0.717) is 27.1 Å². The smallest absolute Gasteiger partial charge is 0.270 e. The molecule has 32 heavy (non-hydrogen) atoms. The molecular weight excluding hydrogens is 441 g/mol. The third-order valence-corrected chi connectivity index (χ3v) is 5.98. The van der Waals surface area contributed by atoms with Crippen molar-refractivity contribution in [2.75, 3.05) is 0 Å². The van der Waals surface area contributed by atoms with E-state index in [-0.39, 0.29) is 11.9 Å². The Morgan fingerprint density at radius 1 is 0.938 bits per heavy atom. The van der Waals surface area contributed by atoms with E-state index in [2.05, 4.69) is 17.4 Å². The van der Waals surface area contributed by atoms with Gasteiger partial charge in [0.15, 0.2) is 0 Å². The van der Waals surface area contributed by atoms with Gasteiger partial charge >= 0.3 is 0 Å². The molecule has 0 saturated heterocycles. The average molecular weight is 464 g/mol. The predicted octanol–water partition coefficient (Wildman–Crippen LogP) is 6.60. The summed E-state index contributed by atoms with van der Waals surface area (Å²) < 4.78 is 1.61. The number of nitrogens with one attached hydrogen (secondary N) is 1. The van der Waals surface area contributed by atoms with Gasteiger partial charge in [0, 0.05) is 11.6 Å². The number of carbonyl (C=O) groups is 1. The van der Waals surface area contributed by atoms with Crippen molar-refractivity contribution in [2.24, 2.45) is 0 Å². The molecular formula is C26H23Cl2N3O. The largest absolute Gasteiger partial charge is 0.348 e. The van der Waals surface area contributed by atoms with E-state index >= 15 is 0 Å². The molecule has 1 aromatic heterocycles. The van der Waals surface area contributed by atoms with Crippen LogP contribution in [0.2, 0.25) is 10.0 Å². The molecule has 1 atom stereocenters. The first-order valence-electron chi connectivity index (χ1n) is 10.5. The van der Waals surface area contributed by atoms with Crippen molar-refractivity contribution in [3.63, 3.8) is 0 Å². The van der Waals surface area contributed by atoms with Crippen LogP contribution in [-0.4, -0.2) is 21.7 Å². The topological polar surface area (TPSA) is 46.9 Å². The number of carbonyl (C=O) groups excluding carboxylic acids is 1. The Kier molecular flexibility index (Phi) is 6.93. The zero-order valence-corrected chi connectivity index (χ0v) is 19.1. The van der Waals surface area contributed by atoms with Crippen molar-refractivity contribution in [2.45, 2.75) is 25.8 Å². The van der Waals surface area contributed by atoms with Gasteiger partial charge in [-0.15, -0.1) is 0 Å². The van der Waals surface area contributed by atoms with Crippen LogP contribution in [0.15, 0.2) is 84.9 Å². The van der Waals surface area contributed by atoms with Crippen LogP contribution in [0.3, 0.4) is 0 Å². The maximum absolute atomic E-state index is 13.2. The summed E-state index contributed by atoms with van der Waals surface area (Å²) in [7, 11) is 0. The van der Waals surface area contributed by atoms with Crippen molar-refractivity contribution in [3.8, 4) is 16.9 Å². The van der Waals surface area contributed by atoms with E-state index in [1.807, 2.05) is 55.5 Å². The monoisotopic (exact) mass is 463 g/mol. The Bertz CT molecular complexity index is 1210. The second-order valence-corrected chi connectivity index (χ2v) is 8.50. The number of hydrogen-bond donors (Lipinski definition) is 1. The van der Waals surface area contributed by atoms with Gasteiger partial charge in [-0.05, 0) is 49.6 Å². The minimum atomic E-state index is -0.189. The summed E-state index contributed by atoms with van der Waals surface area (Å²) in [5.41, 5.74) is 3.99. The number of rotatable bonds is 7. The molecule has 0 aliphatic carbocycles. The molecule has 6 heteroatoms. The standard InChI is InChI=1S/C26H23Cl2N3O/c1-18(12-13-19-8-4-2-5-9-19)29-26(32)25-17-24(20-10-6-3-7-11-20)30-31(25)21-14-15-22(27)23(28)16-21/h2-11,14-18H,12-13H2,1H3,(H,29,32). The second-order valence-electron chi connectivity index (χ2n) is 7.69. The van der Waals surface area contributed by atoms with Crippen molar-refractivity contribution in [3.05, 3.63) is 106 Å². The van der Waals surface area contributed by atoms with Gasteiger partial charge in [-0.1, -0.05) is 83.9 Å². The van der Waals surface area contributed by atoms with Gasteiger partial charge in [0.25, 0.3) is 5.91 Å². The quantitative estimate of drug-likeness (QED) is 0.335. The molecule has 3 aromatic carbocycles. The second kappa shape index (κ2) is 10.0. The summed E-state index contributed by atoms with van der Waals surface area (Å²) in [6.45, 7) is 2.01. The van der Waals surface area contributed by atoms with E-state index in [1.165, 1.54) is 5.56 Å². The number of benzene rings is 3. The summed E-state index contributed by atoms with van der Waals surface area (Å²) in [6.07, 6.45) is 1.73. The van der Waals surface area contributed by atoms with Crippen LogP contribution < -0.4 is 5.32 Å².